The minimum atomic E-state index is -0.734. The van der Waals surface area contributed by atoms with Crippen LogP contribution in [0.25, 0.3) is 21.5 Å². The minimum absolute atomic E-state index is 0.0140. The van der Waals surface area contributed by atoms with Crippen LogP contribution in [0, 0.1) is 11.3 Å². The molecule has 0 aliphatic rings. The van der Waals surface area contributed by atoms with E-state index < -0.39 is 11.5 Å². The number of hydrogen-bond acceptors (Lipinski definition) is 10. The van der Waals surface area contributed by atoms with E-state index in [4.69, 9.17) is 20.7 Å². The van der Waals surface area contributed by atoms with Crippen molar-refractivity contribution in [3.8, 4) is 28.8 Å². The number of nitrogens with two attached hydrogens (primary N) is 2. The maximum atomic E-state index is 13.1. The van der Waals surface area contributed by atoms with Crippen LogP contribution in [0.2, 0.25) is 0 Å². The molecular formula is C24H17N7O4S. The molecule has 0 amide bonds. The standard InChI is InChI=1S/C24H17N7O4S/c1-31-19(24(33)35-30-31)16-15(11-25)21(27)29-23-17(16)18(26)20(36-23)22(32)28-12-7-9-14(10-8-12)34-13-5-3-2-4-6-13/h2-10H,1H3,(H5-,26,27,28,29,30,32,33). The van der Waals surface area contributed by atoms with Crippen molar-refractivity contribution in [3.05, 3.63) is 75.5 Å². The van der Waals surface area contributed by atoms with Crippen molar-refractivity contribution >= 4 is 44.6 Å². The molecule has 0 spiro atoms. The number of benzene rings is 2. The summed E-state index contributed by atoms with van der Waals surface area (Å²) in [5.41, 5.74) is 12.1. The summed E-state index contributed by atoms with van der Waals surface area (Å²) in [4.78, 5) is 21.1. The number of para-hydroxylation sites is 1. The molecule has 3 heterocycles. The van der Waals surface area contributed by atoms with Crippen molar-refractivity contribution < 1.29 is 19.0 Å². The van der Waals surface area contributed by atoms with Gasteiger partial charge in [-0.15, -0.1) is 11.3 Å². The third-order valence-electron chi connectivity index (χ3n) is 5.30. The Labute approximate surface area is 207 Å². The van der Waals surface area contributed by atoms with Crippen molar-refractivity contribution in [2.24, 2.45) is 12.0 Å². The summed E-state index contributed by atoms with van der Waals surface area (Å²) in [5.74, 6) is 0.550. The van der Waals surface area contributed by atoms with E-state index in [0.717, 1.165) is 11.3 Å². The fourth-order valence-corrected chi connectivity index (χ4v) is 4.67. The largest absolute Gasteiger partial charge is 0.858 e. The van der Waals surface area contributed by atoms with Gasteiger partial charge in [-0.05, 0) is 41.7 Å². The van der Waals surface area contributed by atoms with Gasteiger partial charge in [0.1, 0.15) is 33.8 Å². The Morgan fingerprint density at radius 2 is 1.89 bits per heavy atom. The molecule has 0 radical (unpaired) electrons. The maximum Gasteiger partial charge on any atom is 0.435 e. The zero-order chi connectivity index (χ0) is 25.4. The highest BCUT2D eigenvalue weighted by molar-refractivity contribution is 7.21. The number of ether oxygens (including phenoxy) is 1. The van der Waals surface area contributed by atoms with Gasteiger partial charge in [-0.25, -0.2) is 9.78 Å². The molecule has 5 N–H and O–H groups in total. The minimum Gasteiger partial charge on any atom is -0.858 e. The maximum absolute atomic E-state index is 13.1. The van der Waals surface area contributed by atoms with Gasteiger partial charge in [-0.1, -0.05) is 22.9 Å². The molecule has 3 aromatic heterocycles. The van der Waals surface area contributed by atoms with E-state index in [2.05, 4.69) is 15.2 Å². The molecule has 0 fully saturated rings. The second-order valence-corrected chi connectivity index (χ2v) is 8.60. The normalized spacial score (nSPS) is 11.5. The average Bonchev–Trinajstić information content (AvgIpc) is 3.38. The highest BCUT2D eigenvalue weighted by Gasteiger charge is 2.31. The van der Waals surface area contributed by atoms with E-state index in [1.807, 2.05) is 36.4 Å². The molecule has 2 aromatic carbocycles. The smallest absolute Gasteiger partial charge is 0.435 e. The predicted molar refractivity (Wildman–Crippen MR) is 132 cm³/mol. The quantitative estimate of drug-likeness (QED) is 0.187. The molecule has 5 aromatic rings. The van der Waals surface area contributed by atoms with Crippen LogP contribution in [0.5, 0.6) is 11.5 Å². The van der Waals surface area contributed by atoms with Crippen LogP contribution in [-0.2, 0) is 7.05 Å². The average molecular weight is 500 g/mol. The zero-order valence-electron chi connectivity index (χ0n) is 18.7. The number of aliphatic imine (C=N–C) groups is 1. The number of fused-ring (bicyclic) bond motifs is 1. The Balaban J connectivity index is 1.57. The van der Waals surface area contributed by atoms with Crippen LogP contribution in [-0.4, -0.2) is 16.2 Å². The summed E-state index contributed by atoms with van der Waals surface area (Å²) in [6, 6.07) is 17.9. The Morgan fingerprint density at radius 1 is 1.19 bits per heavy atom. The number of anilines is 2. The summed E-state index contributed by atoms with van der Waals surface area (Å²) in [7, 11) is 1.53. The first-order valence-corrected chi connectivity index (χ1v) is 11.3. The third kappa shape index (κ3) is 3.89. The molecule has 0 aliphatic heterocycles. The van der Waals surface area contributed by atoms with E-state index in [-0.39, 0.29) is 43.4 Å². The number of hydrogen-bond donors (Lipinski definition) is 3. The molecule has 0 saturated carbocycles. The third-order valence-corrected chi connectivity index (χ3v) is 6.39. The SMILES string of the molecule is C[n+]1[nH]oc(=O)c1-c1c(C#N)c(N)nc2sc(C([O-])=Nc3ccc(Oc4ccccc4)cc3)c(N)c12. The molecule has 36 heavy (non-hydrogen) atoms. The second kappa shape index (κ2) is 8.90. The Bertz CT molecular complexity index is 1730. The lowest BCUT2D eigenvalue weighted by atomic mass is 10.0. The highest BCUT2D eigenvalue weighted by Crippen LogP contribution is 2.41. The molecule has 5 rings (SSSR count). The van der Waals surface area contributed by atoms with Gasteiger partial charge in [-0.2, -0.15) is 5.26 Å². The van der Waals surface area contributed by atoms with E-state index >= 15 is 0 Å². The van der Waals surface area contributed by atoms with Crippen molar-refractivity contribution in [3.63, 3.8) is 0 Å². The monoisotopic (exact) mass is 499 g/mol. The van der Waals surface area contributed by atoms with Gasteiger partial charge < -0.3 is 21.3 Å². The topological polar surface area (TPSA) is 183 Å². The van der Waals surface area contributed by atoms with Crippen molar-refractivity contribution in [1.29, 1.82) is 5.26 Å². The summed E-state index contributed by atoms with van der Waals surface area (Å²) >= 11 is 0.967. The molecule has 178 valence electrons. The number of H-pyrrole nitrogens is 1. The van der Waals surface area contributed by atoms with Gasteiger partial charge in [0.2, 0.25) is 0 Å². The molecule has 0 atom stereocenters. The molecular weight excluding hydrogens is 482 g/mol. The fourth-order valence-electron chi connectivity index (χ4n) is 3.67. The molecule has 0 aliphatic carbocycles. The van der Waals surface area contributed by atoms with Gasteiger partial charge in [0.15, 0.2) is 7.05 Å². The van der Waals surface area contributed by atoms with Gasteiger partial charge >= 0.3 is 11.3 Å². The first-order valence-electron chi connectivity index (χ1n) is 10.5. The lowest BCUT2D eigenvalue weighted by Crippen LogP contribution is -2.34. The lowest BCUT2D eigenvalue weighted by Gasteiger charge is -2.10. The van der Waals surface area contributed by atoms with Crippen LogP contribution in [0.15, 0.2) is 68.9 Å². The van der Waals surface area contributed by atoms with Crippen LogP contribution in [0.3, 0.4) is 0 Å². The highest BCUT2D eigenvalue weighted by atomic mass is 32.1. The molecule has 0 bridgehead atoms. The van der Waals surface area contributed by atoms with E-state index in [1.165, 1.54) is 11.7 Å². The lowest BCUT2D eigenvalue weighted by molar-refractivity contribution is -0.730. The second-order valence-electron chi connectivity index (χ2n) is 7.60. The van der Waals surface area contributed by atoms with Crippen molar-refractivity contribution in [2.75, 3.05) is 11.5 Å². The van der Waals surface area contributed by atoms with Crippen LogP contribution >= 0.6 is 11.3 Å². The first-order chi connectivity index (χ1) is 17.4. The summed E-state index contributed by atoms with van der Waals surface area (Å²) in [6.07, 6.45) is 0. The number of aromatic amines is 1. The van der Waals surface area contributed by atoms with Crippen LogP contribution in [0.4, 0.5) is 17.2 Å². The number of thiophene rings is 1. The fraction of sp³-hybridized carbons (Fsp3) is 0.0417. The van der Waals surface area contributed by atoms with E-state index in [1.54, 1.807) is 24.3 Å². The number of nitrogen functional groups attached to an aromatic ring is 2. The summed E-state index contributed by atoms with van der Waals surface area (Å²) < 4.78 is 11.9. The number of nitrogens with one attached hydrogen (secondary N) is 1. The van der Waals surface area contributed by atoms with E-state index in [0.29, 0.717) is 17.2 Å². The van der Waals surface area contributed by atoms with Gasteiger partial charge in [0.05, 0.1) is 27.2 Å². The van der Waals surface area contributed by atoms with Crippen LogP contribution < -0.4 is 31.6 Å². The number of nitriles is 1. The Kier molecular flexibility index (Phi) is 5.59. The molecule has 0 saturated heterocycles. The number of pyridine rings is 1. The number of aryl methyl sites for hydroxylation is 1. The van der Waals surface area contributed by atoms with E-state index in [9.17, 15) is 15.2 Å². The summed E-state index contributed by atoms with van der Waals surface area (Å²) in [5, 5.41) is 25.4. The van der Waals surface area contributed by atoms with Gasteiger partial charge in [0.25, 0.3) is 0 Å². The Hall–Kier alpha value is -5.15. The van der Waals surface area contributed by atoms with Gasteiger partial charge in [-0.3, -0.25) is 9.52 Å². The van der Waals surface area contributed by atoms with Crippen LogP contribution in [0.1, 0.15) is 10.4 Å². The van der Waals surface area contributed by atoms with Gasteiger partial charge in [0, 0.05) is 5.90 Å². The molecule has 11 nitrogen and oxygen atoms in total. The number of aromatic nitrogens is 3. The molecule has 12 heteroatoms. The first kappa shape index (κ1) is 22.6. The molecule has 0 unspecified atom stereocenters. The van der Waals surface area contributed by atoms with Crippen molar-refractivity contribution in [1.82, 2.24) is 10.3 Å². The summed E-state index contributed by atoms with van der Waals surface area (Å²) in [6.45, 7) is 0. The predicted octanol–water partition coefficient (Wildman–Crippen LogP) is 2.34. The van der Waals surface area contributed by atoms with Crippen molar-refractivity contribution in [2.45, 2.75) is 0 Å². The number of nitrogens with zero attached hydrogens (tertiary/aromatic N) is 4. The number of rotatable bonds is 5. The Morgan fingerprint density at radius 3 is 2.53 bits per heavy atom. The zero-order valence-corrected chi connectivity index (χ0v) is 19.5.